The van der Waals surface area contributed by atoms with E-state index < -0.39 is 17.2 Å². The molecule has 1 heterocycles. The van der Waals surface area contributed by atoms with Crippen LogP contribution in [0.4, 0.5) is 4.39 Å². The summed E-state index contributed by atoms with van der Waals surface area (Å²) in [5, 5.41) is 29.1. The summed E-state index contributed by atoms with van der Waals surface area (Å²) in [4.78, 5) is 0. The van der Waals surface area contributed by atoms with E-state index in [1.165, 1.54) is 6.07 Å². The Balaban J connectivity index is 2.35. The molecule has 0 bridgehead atoms. The summed E-state index contributed by atoms with van der Waals surface area (Å²) < 4.78 is 15.2. The Morgan fingerprint density at radius 3 is 2.64 bits per heavy atom. The summed E-state index contributed by atoms with van der Waals surface area (Å²) in [5.41, 5.74) is 5.43. The molecule has 2 aliphatic rings. The van der Waals surface area contributed by atoms with Crippen molar-refractivity contribution in [3.63, 3.8) is 0 Å². The number of hydrogen-bond acceptors (Lipinski definition) is 5. The van der Waals surface area contributed by atoms with Gasteiger partial charge < -0.3 is 5.73 Å². The molecule has 124 valence electrons. The maximum absolute atomic E-state index is 14.6. The van der Waals surface area contributed by atoms with E-state index >= 15 is 0 Å². The summed E-state index contributed by atoms with van der Waals surface area (Å²) in [5.74, 6) is -0.142. The van der Waals surface area contributed by atoms with Gasteiger partial charge in [-0.25, -0.2) is 4.39 Å². The molecule has 1 aliphatic carbocycles. The van der Waals surface area contributed by atoms with Crippen LogP contribution in [0.1, 0.15) is 11.5 Å². The van der Waals surface area contributed by atoms with Crippen LogP contribution in [0.15, 0.2) is 45.6 Å². The van der Waals surface area contributed by atoms with E-state index in [1.54, 1.807) is 23.9 Å². The van der Waals surface area contributed by atoms with Gasteiger partial charge in [-0.15, -0.1) is 0 Å². The number of allylic oxidation sites excluding steroid dienone is 2. The van der Waals surface area contributed by atoms with Gasteiger partial charge in [0, 0.05) is 27.8 Å². The Hall–Kier alpha value is -2.27. The highest BCUT2D eigenvalue weighted by atomic mass is 79.9. The number of benzene rings is 1. The maximum atomic E-state index is 14.6. The molecule has 0 radical (unpaired) electrons. The zero-order valence-corrected chi connectivity index (χ0v) is 15.4. The highest BCUT2D eigenvalue weighted by Crippen LogP contribution is 2.54. The van der Waals surface area contributed by atoms with Crippen molar-refractivity contribution < 1.29 is 4.39 Å². The van der Waals surface area contributed by atoms with Gasteiger partial charge >= 0.3 is 0 Å². The summed E-state index contributed by atoms with van der Waals surface area (Å²) in [6.45, 7) is 0. The number of halogens is 2. The molecule has 25 heavy (non-hydrogen) atoms. The molecule has 7 heteroatoms. The fraction of sp³-hybridized carbons (Fsp3) is 0.278. The quantitative estimate of drug-likeness (QED) is 0.705. The van der Waals surface area contributed by atoms with Crippen LogP contribution in [0, 0.1) is 51.1 Å². The van der Waals surface area contributed by atoms with E-state index in [9.17, 15) is 20.2 Å². The van der Waals surface area contributed by atoms with Crippen molar-refractivity contribution in [3.05, 3.63) is 57.0 Å². The smallest absolute Gasteiger partial charge is 0.204 e. The topological polar surface area (TPSA) is 97.4 Å². The van der Waals surface area contributed by atoms with Crippen LogP contribution < -0.4 is 5.73 Å². The van der Waals surface area contributed by atoms with Crippen molar-refractivity contribution in [3.8, 4) is 18.2 Å². The van der Waals surface area contributed by atoms with Crippen LogP contribution in [-0.4, -0.2) is 11.5 Å². The van der Waals surface area contributed by atoms with Crippen molar-refractivity contribution in [1.82, 2.24) is 0 Å². The SMILES string of the molecule is N#CC1=C(N)C(C#N)(C#N)C2=CCSC[C@H]2[C@@H]1c1cc(Br)ccc1F. The zero-order valence-electron chi connectivity index (χ0n) is 13.0. The zero-order chi connectivity index (χ0) is 18.2. The van der Waals surface area contributed by atoms with Crippen molar-refractivity contribution in [2.45, 2.75) is 5.92 Å². The third-order valence-electron chi connectivity index (χ3n) is 4.71. The first kappa shape index (κ1) is 17.5. The molecule has 0 aromatic heterocycles. The Morgan fingerprint density at radius 1 is 1.28 bits per heavy atom. The summed E-state index contributed by atoms with van der Waals surface area (Å²) >= 11 is 4.96. The van der Waals surface area contributed by atoms with Gasteiger partial charge in [0.15, 0.2) is 0 Å². The average Bonchev–Trinajstić information content (AvgIpc) is 2.63. The number of nitriles is 3. The second kappa shape index (κ2) is 6.56. The molecule has 2 N–H and O–H groups in total. The van der Waals surface area contributed by atoms with E-state index in [1.807, 2.05) is 24.3 Å². The molecule has 0 spiro atoms. The second-order valence-corrected chi connectivity index (χ2v) is 7.85. The van der Waals surface area contributed by atoms with Crippen molar-refractivity contribution in [2.24, 2.45) is 17.1 Å². The second-order valence-electron chi connectivity index (χ2n) is 5.86. The molecular formula is C18H12BrFN4S. The molecule has 1 aromatic carbocycles. The highest BCUT2D eigenvalue weighted by Gasteiger charge is 2.52. The minimum Gasteiger partial charge on any atom is -0.399 e. The molecule has 4 nitrogen and oxygen atoms in total. The number of thioether (sulfide) groups is 1. The maximum Gasteiger partial charge on any atom is 0.204 e. The third-order valence-corrected chi connectivity index (χ3v) is 6.20. The summed E-state index contributed by atoms with van der Waals surface area (Å²) in [7, 11) is 0. The monoisotopic (exact) mass is 414 g/mol. The lowest BCUT2D eigenvalue weighted by atomic mass is 9.61. The molecule has 2 atom stereocenters. The van der Waals surface area contributed by atoms with Crippen LogP contribution in [0.5, 0.6) is 0 Å². The number of nitrogens with zero attached hydrogens (tertiary/aromatic N) is 3. The molecule has 0 amide bonds. The predicted octanol–water partition coefficient (Wildman–Crippen LogP) is 3.74. The molecule has 0 saturated heterocycles. The first-order valence-electron chi connectivity index (χ1n) is 7.46. The number of hydrogen-bond donors (Lipinski definition) is 1. The minimum atomic E-state index is -1.66. The molecule has 1 aliphatic heterocycles. The Morgan fingerprint density at radius 2 is 2.00 bits per heavy atom. The van der Waals surface area contributed by atoms with E-state index in [0.717, 1.165) is 0 Å². The van der Waals surface area contributed by atoms with Crippen molar-refractivity contribution in [2.75, 3.05) is 11.5 Å². The number of rotatable bonds is 1. The number of nitrogens with two attached hydrogens (primary N) is 1. The van der Waals surface area contributed by atoms with Crippen LogP contribution in [0.2, 0.25) is 0 Å². The Kier molecular flexibility index (Phi) is 4.60. The molecule has 0 fully saturated rings. The lowest BCUT2D eigenvalue weighted by Gasteiger charge is -2.42. The van der Waals surface area contributed by atoms with Crippen molar-refractivity contribution in [1.29, 1.82) is 15.8 Å². The van der Waals surface area contributed by atoms with E-state index in [0.29, 0.717) is 27.1 Å². The Labute approximate surface area is 157 Å². The van der Waals surface area contributed by atoms with Gasteiger partial charge in [0.25, 0.3) is 0 Å². The van der Waals surface area contributed by atoms with Crippen LogP contribution in [-0.2, 0) is 0 Å². The Bertz CT molecular complexity index is 918. The first-order valence-corrected chi connectivity index (χ1v) is 9.41. The molecule has 1 aromatic rings. The number of fused-ring (bicyclic) bond motifs is 1. The van der Waals surface area contributed by atoms with Gasteiger partial charge in [-0.1, -0.05) is 22.0 Å². The predicted molar refractivity (Wildman–Crippen MR) is 96.2 cm³/mol. The van der Waals surface area contributed by atoms with Crippen LogP contribution >= 0.6 is 27.7 Å². The molecule has 3 rings (SSSR count). The first-order chi connectivity index (χ1) is 12.0. The lowest BCUT2D eigenvalue weighted by Crippen LogP contribution is -2.42. The van der Waals surface area contributed by atoms with Gasteiger partial charge in [0.05, 0.1) is 29.5 Å². The fourth-order valence-corrected chi connectivity index (χ4v) is 4.99. The largest absolute Gasteiger partial charge is 0.399 e. The fourth-order valence-electron chi connectivity index (χ4n) is 3.55. The normalized spacial score (nSPS) is 24.4. The van der Waals surface area contributed by atoms with E-state index in [4.69, 9.17) is 5.73 Å². The highest BCUT2D eigenvalue weighted by molar-refractivity contribution is 9.10. The van der Waals surface area contributed by atoms with Crippen molar-refractivity contribution >= 4 is 27.7 Å². The lowest BCUT2D eigenvalue weighted by molar-refractivity contribution is 0.461. The third kappa shape index (κ3) is 2.54. The average molecular weight is 415 g/mol. The molecule has 0 unspecified atom stereocenters. The van der Waals surface area contributed by atoms with E-state index in [2.05, 4.69) is 15.9 Å². The van der Waals surface area contributed by atoms with Gasteiger partial charge in [-0.3, -0.25) is 0 Å². The van der Waals surface area contributed by atoms with Gasteiger partial charge in [-0.2, -0.15) is 27.5 Å². The van der Waals surface area contributed by atoms with Gasteiger partial charge in [-0.05, 0) is 29.3 Å². The van der Waals surface area contributed by atoms with E-state index in [-0.39, 0.29) is 17.2 Å². The standard InChI is InChI=1S/C18H12BrFN4S/c19-10-1-2-15(20)11(5-10)16-12(6-21)17(24)18(8-22,9-23)14-3-4-25-7-13(14)16/h1-3,5,13,16H,4,7,24H2/t13-,16-/m1/s1. The molecular weight excluding hydrogens is 403 g/mol. The molecule has 0 saturated carbocycles. The summed E-state index contributed by atoms with van der Waals surface area (Å²) in [6.07, 6.45) is 1.83. The van der Waals surface area contributed by atoms with Gasteiger partial charge in [0.1, 0.15) is 5.82 Å². The van der Waals surface area contributed by atoms with Crippen LogP contribution in [0.25, 0.3) is 0 Å². The van der Waals surface area contributed by atoms with Gasteiger partial charge in [0.2, 0.25) is 5.41 Å². The van der Waals surface area contributed by atoms with Crippen LogP contribution in [0.3, 0.4) is 0 Å². The summed E-state index contributed by atoms with van der Waals surface area (Å²) in [6, 6.07) is 10.6. The minimum absolute atomic E-state index is 0.0845.